The number of carbonyl (C=O) groups is 1. The molecular formula is C16H15N3O. The van der Waals surface area contributed by atoms with Crippen LogP contribution < -0.4 is 11.5 Å². The van der Waals surface area contributed by atoms with Crippen LogP contribution in [0.25, 0.3) is 5.57 Å². The highest BCUT2D eigenvalue weighted by atomic mass is 16.1. The Morgan fingerprint density at radius 1 is 0.900 bits per heavy atom. The second kappa shape index (κ2) is 5.84. The molecule has 0 aliphatic carbocycles. The van der Waals surface area contributed by atoms with Crippen molar-refractivity contribution in [3.63, 3.8) is 0 Å². The van der Waals surface area contributed by atoms with E-state index in [-0.39, 0.29) is 5.96 Å². The maximum Gasteiger partial charge on any atom is 0.280 e. The van der Waals surface area contributed by atoms with Crippen molar-refractivity contribution in [2.24, 2.45) is 16.5 Å². The van der Waals surface area contributed by atoms with Crippen molar-refractivity contribution in [2.45, 2.75) is 0 Å². The lowest BCUT2D eigenvalue weighted by Crippen LogP contribution is -2.24. The predicted octanol–water partition coefficient (Wildman–Crippen LogP) is 2.16. The monoisotopic (exact) mass is 265 g/mol. The molecule has 0 heterocycles. The number of nitrogens with two attached hydrogens (primary N) is 2. The van der Waals surface area contributed by atoms with Crippen LogP contribution in [0.15, 0.2) is 66.2 Å². The minimum Gasteiger partial charge on any atom is -0.370 e. The molecule has 0 aliphatic rings. The highest BCUT2D eigenvalue weighted by Gasteiger charge is 2.08. The maximum atomic E-state index is 11.8. The summed E-state index contributed by atoms with van der Waals surface area (Å²) in [4.78, 5) is 15.3. The van der Waals surface area contributed by atoms with Crippen LogP contribution in [0.1, 0.15) is 21.5 Å². The summed E-state index contributed by atoms with van der Waals surface area (Å²) >= 11 is 0. The Bertz CT molecular complexity index is 671. The summed E-state index contributed by atoms with van der Waals surface area (Å²) in [5.74, 6) is -0.713. The molecule has 0 spiro atoms. The van der Waals surface area contributed by atoms with Crippen LogP contribution in [0.4, 0.5) is 0 Å². The average Bonchev–Trinajstić information content (AvgIpc) is 2.47. The van der Waals surface area contributed by atoms with Crippen LogP contribution in [-0.4, -0.2) is 11.9 Å². The van der Waals surface area contributed by atoms with Crippen molar-refractivity contribution >= 4 is 17.4 Å². The molecule has 20 heavy (non-hydrogen) atoms. The summed E-state index contributed by atoms with van der Waals surface area (Å²) in [5, 5.41) is 0. The SMILES string of the molecule is C=C(c1ccccc1)c1cccc(C(=O)N=C(N)N)c1. The van der Waals surface area contributed by atoms with E-state index in [1.54, 1.807) is 18.2 Å². The van der Waals surface area contributed by atoms with Gasteiger partial charge in [-0.2, -0.15) is 4.99 Å². The largest absolute Gasteiger partial charge is 0.370 e. The van der Waals surface area contributed by atoms with Crippen molar-refractivity contribution in [2.75, 3.05) is 0 Å². The first-order chi connectivity index (χ1) is 9.58. The van der Waals surface area contributed by atoms with E-state index in [1.165, 1.54) is 0 Å². The molecule has 0 aliphatic heterocycles. The third kappa shape index (κ3) is 3.11. The summed E-state index contributed by atoms with van der Waals surface area (Å²) in [5.41, 5.74) is 13.5. The molecule has 100 valence electrons. The quantitative estimate of drug-likeness (QED) is 0.659. The van der Waals surface area contributed by atoms with E-state index in [4.69, 9.17) is 11.5 Å². The van der Waals surface area contributed by atoms with Crippen LogP contribution in [-0.2, 0) is 0 Å². The standard InChI is InChI=1S/C16H15N3O/c1-11(12-6-3-2-4-7-12)13-8-5-9-14(10-13)15(20)19-16(17)18/h2-10H,1H2,(H4,17,18,19,20). The highest BCUT2D eigenvalue weighted by molar-refractivity contribution is 6.02. The van der Waals surface area contributed by atoms with Gasteiger partial charge in [0.25, 0.3) is 5.91 Å². The second-order valence-electron chi connectivity index (χ2n) is 4.27. The smallest absolute Gasteiger partial charge is 0.280 e. The van der Waals surface area contributed by atoms with E-state index in [1.807, 2.05) is 36.4 Å². The van der Waals surface area contributed by atoms with Gasteiger partial charge in [0, 0.05) is 5.56 Å². The van der Waals surface area contributed by atoms with Gasteiger partial charge >= 0.3 is 0 Å². The number of rotatable bonds is 3. The summed E-state index contributed by atoms with van der Waals surface area (Å²) in [6.45, 7) is 4.06. The van der Waals surface area contributed by atoms with Crippen LogP contribution >= 0.6 is 0 Å². The molecule has 0 atom stereocenters. The Kier molecular flexibility index (Phi) is 3.96. The van der Waals surface area contributed by atoms with E-state index < -0.39 is 5.91 Å². The first-order valence-electron chi connectivity index (χ1n) is 6.06. The minimum absolute atomic E-state index is 0.248. The average molecular weight is 265 g/mol. The number of carbonyl (C=O) groups excluding carboxylic acids is 1. The van der Waals surface area contributed by atoms with Crippen molar-refractivity contribution in [1.29, 1.82) is 0 Å². The van der Waals surface area contributed by atoms with Crippen molar-refractivity contribution < 1.29 is 4.79 Å². The van der Waals surface area contributed by atoms with Gasteiger partial charge in [-0.15, -0.1) is 0 Å². The number of amides is 1. The van der Waals surface area contributed by atoms with E-state index in [0.29, 0.717) is 5.56 Å². The van der Waals surface area contributed by atoms with Crippen LogP contribution in [0.3, 0.4) is 0 Å². The Labute approximate surface area is 117 Å². The van der Waals surface area contributed by atoms with Gasteiger partial charge in [-0.1, -0.05) is 49.0 Å². The molecule has 2 aromatic rings. The molecule has 4 N–H and O–H groups in total. The number of guanidine groups is 1. The van der Waals surface area contributed by atoms with Gasteiger partial charge < -0.3 is 11.5 Å². The predicted molar refractivity (Wildman–Crippen MR) is 81.2 cm³/mol. The van der Waals surface area contributed by atoms with Gasteiger partial charge in [0.1, 0.15) is 0 Å². The summed E-state index contributed by atoms with van der Waals surface area (Å²) in [6.07, 6.45) is 0. The molecule has 0 saturated heterocycles. The third-order valence-corrected chi connectivity index (χ3v) is 2.81. The van der Waals surface area contributed by atoms with Crippen molar-refractivity contribution in [3.05, 3.63) is 77.9 Å². The van der Waals surface area contributed by atoms with Crippen LogP contribution in [0.2, 0.25) is 0 Å². The molecule has 0 saturated carbocycles. The number of hydrogen-bond donors (Lipinski definition) is 2. The number of nitrogens with zero attached hydrogens (tertiary/aromatic N) is 1. The molecule has 4 nitrogen and oxygen atoms in total. The van der Waals surface area contributed by atoms with E-state index in [2.05, 4.69) is 11.6 Å². The van der Waals surface area contributed by atoms with Gasteiger partial charge in [0.05, 0.1) is 0 Å². The molecule has 2 aromatic carbocycles. The normalized spacial score (nSPS) is 9.80. The Balaban J connectivity index is 2.33. The lowest BCUT2D eigenvalue weighted by atomic mass is 9.98. The summed E-state index contributed by atoms with van der Waals surface area (Å²) in [6, 6.07) is 16.8. The van der Waals surface area contributed by atoms with Gasteiger partial charge in [-0.3, -0.25) is 4.79 Å². The molecule has 2 rings (SSSR count). The van der Waals surface area contributed by atoms with Gasteiger partial charge in [0.15, 0.2) is 5.96 Å². The molecule has 0 radical (unpaired) electrons. The number of aliphatic imine (C=N–C) groups is 1. The zero-order valence-electron chi connectivity index (χ0n) is 10.9. The highest BCUT2D eigenvalue weighted by Crippen LogP contribution is 2.22. The van der Waals surface area contributed by atoms with E-state index in [0.717, 1.165) is 16.7 Å². The molecule has 0 fully saturated rings. The van der Waals surface area contributed by atoms with Gasteiger partial charge in [-0.25, -0.2) is 0 Å². The zero-order chi connectivity index (χ0) is 14.5. The third-order valence-electron chi connectivity index (χ3n) is 2.81. The van der Waals surface area contributed by atoms with Crippen LogP contribution in [0.5, 0.6) is 0 Å². The first kappa shape index (κ1) is 13.5. The molecule has 1 amide bonds. The lowest BCUT2D eigenvalue weighted by Gasteiger charge is -2.07. The summed E-state index contributed by atoms with van der Waals surface area (Å²) in [7, 11) is 0. The van der Waals surface area contributed by atoms with E-state index >= 15 is 0 Å². The Morgan fingerprint density at radius 2 is 1.50 bits per heavy atom. The molecule has 0 unspecified atom stereocenters. The molecular weight excluding hydrogens is 250 g/mol. The van der Waals surface area contributed by atoms with Gasteiger partial charge in [0.2, 0.25) is 0 Å². The molecule has 4 heteroatoms. The van der Waals surface area contributed by atoms with E-state index in [9.17, 15) is 4.79 Å². The Morgan fingerprint density at radius 3 is 2.15 bits per heavy atom. The lowest BCUT2D eigenvalue weighted by molar-refractivity contribution is 0.100. The Hall–Kier alpha value is -2.88. The van der Waals surface area contributed by atoms with Crippen molar-refractivity contribution in [3.8, 4) is 0 Å². The fraction of sp³-hybridized carbons (Fsp3) is 0. The zero-order valence-corrected chi connectivity index (χ0v) is 10.9. The first-order valence-corrected chi connectivity index (χ1v) is 6.06. The van der Waals surface area contributed by atoms with Gasteiger partial charge in [-0.05, 0) is 28.8 Å². The second-order valence-corrected chi connectivity index (χ2v) is 4.27. The fourth-order valence-electron chi connectivity index (χ4n) is 1.83. The topological polar surface area (TPSA) is 81.5 Å². The number of hydrogen-bond acceptors (Lipinski definition) is 1. The minimum atomic E-state index is -0.465. The molecule has 0 bridgehead atoms. The number of benzene rings is 2. The molecule has 0 aromatic heterocycles. The summed E-state index contributed by atoms with van der Waals surface area (Å²) < 4.78 is 0. The maximum absolute atomic E-state index is 11.8. The van der Waals surface area contributed by atoms with Crippen LogP contribution in [0, 0.1) is 0 Å². The fourth-order valence-corrected chi connectivity index (χ4v) is 1.83. The van der Waals surface area contributed by atoms with Crippen molar-refractivity contribution in [1.82, 2.24) is 0 Å².